The maximum Gasteiger partial charge on any atom is 0.303 e. The van der Waals surface area contributed by atoms with Crippen LogP contribution in [0.3, 0.4) is 0 Å². The van der Waals surface area contributed by atoms with Crippen LogP contribution >= 0.6 is 0 Å². The summed E-state index contributed by atoms with van der Waals surface area (Å²) in [6, 6.07) is 4.45. The quantitative estimate of drug-likeness (QED) is 0.898. The molecule has 21 heavy (non-hydrogen) atoms. The van der Waals surface area contributed by atoms with E-state index in [-0.39, 0.29) is 30.4 Å². The van der Waals surface area contributed by atoms with Gasteiger partial charge in [-0.2, -0.15) is 0 Å². The molecule has 1 N–H and O–H groups in total. The van der Waals surface area contributed by atoms with Crippen molar-refractivity contribution in [3.63, 3.8) is 0 Å². The Balaban J connectivity index is 1.93. The van der Waals surface area contributed by atoms with Crippen molar-refractivity contribution < 1.29 is 23.8 Å². The lowest BCUT2D eigenvalue weighted by Crippen LogP contribution is -2.30. The molecule has 114 valence electrons. The van der Waals surface area contributed by atoms with Gasteiger partial charge in [0.15, 0.2) is 11.6 Å². The van der Waals surface area contributed by atoms with Gasteiger partial charge in [0.2, 0.25) is 5.91 Å². The van der Waals surface area contributed by atoms with Gasteiger partial charge in [0, 0.05) is 19.5 Å². The van der Waals surface area contributed by atoms with E-state index in [4.69, 9.17) is 9.84 Å². The molecule has 1 amide bonds. The number of ether oxygens (including phenoxy) is 1. The van der Waals surface area contributed by atoms with E-state index in [1.807, 2.05) is 0 Å². The highest BCUT2D eigenvalue weighted by atomic mass is 19.1. The second-order valence-corrected chi connectivity index (χ2v) is 5.24. The zero-order valence-corrected chi connectivity index (χ0v) is 11.8. The number of aliphatic carboxylic acids is 1. The van der Waals surface area contributed by atoms with E-state index < -0.39 is 11.8 Å². The highest BCUT2D eigenvalue weighted by molar-refractivity contribution is 5.79. The molecule has 1 aromatic rings. The smallest absolute Gasteiger partial charge is 0.303 e. The van der Waals surface area contributed by atoms with Crippen LogP contribution in [0.2, 0.25) is 0 Å². The van der Waals surface area contributed by atoms with Crippen molar-refractivity contribution in [2.24, 2.45) is 5.92 Å². The van der Waals surface area contributed by atoms with Crippen LogP contribution in [-0.4, -0.2) is 42.1 Å². The van der Waals surface area contributed by atoms with E-state index in [2.05, 4.69) is 0 Å². The van der Waals surface area contributed by atoms with Gasteiger partial charge in [-0.3, -0.25) is 9.59 Å². The van der Waals surface area contributed by atoms with Crippen LogP contribution in [0, 0.1) is 11.7 Å². The number of hydrogen-bond acceptors (Lipinski definition) is 3. The molecule has 1 aliphatic rings. The number of carbonyl (C=O) groups excluding carboxylic acids is 1. The molecule has 0 saturated carbocycles. The number of carboxylic acids is 1. The van der Waals surface area contributed by atoms with Crippen molar-refractivity contribution in [1.82, 2.24) is 4.90 Å². The van der Waals surface area contributed by atoms with Crippen molar-refractivity contribution in [2.75, 3.05) is 20.2 Å². The zero-order chi connectivity index (χ0) is 15.4. The Hall–Kier alpha value is -2.11. The standard InChI is InChI=1S/C15H18FNO4/c1-21-13-3-2-10(6-12(13)16)7-14(18)17-5-4-11(9-17)8-15(19)20/h2-3,6,11H,4-5,7-9H2,1H3,(H,19,20). The number of likely N-dealkylation sites (tertiary alicyclic amines) is 1. The van der Waals surface area contributed by atoms with Gasteiger partial charge in [-0.05, 0) is 30.0 Å². The maximum atomic E-state index is 13.6. The molecule has 1 fully saturated rings. The molecule has 5 nitrogen and oxygen atoms in total. The van der Waals surface area contributed by atoms with E-state index >= 15 is 0 Å². The molecular weight excluding hydrogens is 277 g/mol. The Bertz CT molecular complexity index is 546. The molecular formula is C15H18FNO4. The van der Waals surface area contributed by atoms with E-state index in [0.717, 1.165) is 0 Å². The molecule has 0 spiro atoms. The van der Waals surface area contributed by atoms with Gasteiger partial charge in [0.05, 0.1) is 13.5 Å². The first-order chi connectivity index (χ1) is 9.99. The van der Waals surface area contributed by atoms with E-state index in [1.165, 1.54) is 19.2 Å². The summed E-state index contributed by atoms with van der Waals surface area (Å²) in [6.45, 7) is 1.03. The monoisotopic (exact) mass is 295 g/mol. The molecule has 0 bridgehead atoms. The zero-order valence-electron chi connectivity index (χ0n) is 11.8. The fourth-order valence-electron chi connectivity index (χ4n) is 2.58. The lowest BCUT2D eigenvalue weighted by molar-refractivity contribution is -0.138. The fraction of sp³-hybridized carbons (Fsp3) is 0.467. The molecule has 1 aromatic carbocycles. The van der Waals surface area contributed by atoms with Crippen molar-refractivity contribution >= 4 is 11.9 Å². The third-order valence-corrected chi connectivity index (χ3v) is 3.67. The highest BCUT2D eigenvalue weighted by Crippen LogP contribution is 2.22. The fourth-order valence-corrected chi connectivity index (χ4v) is 2.58. The molecule has 1 saturated heterocycles. The first kappa shape index (κ1) is 15.3. The van der Waals surface area contributed by atoms with Gasteiger partial charge >= 0.3 is 5.97 Å². The normalized spacial score (nSPS) is 17.8. The third-order valence-electron chi connectivity index (χ3n) is 3.67. The summed E-state index contributed by atoms with van der Waals surface area (Å²) in [7, 11) is 1.38. The molecule has 2 rings (SSSR count). The van der Waals surface area contributed by atoms with Crippen LogP contribution in [0.25, 0.3) is 0 Å². The third kappa shape index (κ3) is 3.93. The van der Waals surface area contributed by atoms with Crippen molar-refractivity contribution in [3.8, 4) is 5.75 Å². The Morgan fingerprint density at radius 3 is 2.86 bits per heavy atom. The summed E-state index contributed by atoms with van der Waals surface area (Å²) in [6.07, 6.45) is 0.899. The van der Waals surface area contributed by atoms with Gasteiger partial charge in [-0.1, -0.05) is 6.07 Å². The SMILES string of the molecule is COc1ccc(CC(=O)N2CCC(CC(=O)O)C2)cc1F. The second kappa shape index (κ2) is 6.56. The summed E-state index contributed by atoms with van der Waals surface area (Å²) >= 11 is 0. The van der Waals surface area contributed by atoms with Gasteiger partial charge in [-0.25, -0.2) is 4.39 Å². The summed E-state index contributed by atoms with van der Waals surface area (Å²) in [4.78, 5) is 24.4. The highest BCUT2D eigenvalue weighted by Gasteiger charge is 2.27. The van der Waals surface area contributed by atoms with Crippen LogP contribution in [0.15, 0.2) is 18.2 Å². The topological polar surface area (TPSA) is 66.8 Å². The van der Waals surface area contributed by atoms with Crippen molar-refractivity contribution in [3.05, 3.63) is 29.6 Å². The average molecular weight is 295 g/mol. The van der Waals surface area contributed by atoms with E-state index in [9.17, 15) is 14.0 Å². The minimum atomic E-state index is -0.841. The van der Waals surface area contributed by atoms with Crippen LogP contribution in [0.4, 0.5) is 4.39 Å². The Labute approximate surface area is 122 Å². The molecule has 1 atom stereocenters. The second-order valence-electron chi connectivity index (χ2n) is 5.24. The summed E-state index contributed by atoms with van der Waals surface area (Å²) in [5.74, 6) is -1.28. The van der Waals surface area contributed by atoms with Gasteiger partial charge < -0.3 is 14.7 Å². The molecule has 1 aliphatic heterocycles. The van der Waals surface area contributed by atoms with Crippen LogP contribution in [-0.2, 0) is 16.0 Å². The molecule has 0 aliphatic carbocycles. The summed E-state index contributed by atoms with van der Waals surface area (Å²) in [5.41, 5.74) is 0.583. The number of halogens is 1. The van der Waals surface area contributed by atoms with Gasteiger partial charge in [-0.15, -0.1) is 0 Å². The van der Waals surface area contributed by atoms with Gasteiger partial charge in [0.25, 0.3) is 0 Å². The molecule has 1 unspecified atom stereocenters. The predicted octanol–water partition coefficient (Wildman–Crippen LogP) is 1.70. The number of hydrogen-bond donors (Lipinski definition) is 1. The van der Waals surface area contributed by atoms with Crippen LogP contribution in [0.1, 0.15) is 18.4 Å². The van der Waals surface area contributed by atoms with Crippen LogP contribution in [0.5, 0.6) is 5.75 Å². The minimum absolute atomic E-state index is 0.0130. The number of rotatable bonds is 5. The molecule has 1 heterocycles. The average Bonchev–Trinajstić information content (AvgIpc) is 2.86. The number of benzene rings is 1. The predicted molar refractivity (Wildman–Crippen MR) is 73.6 cm³/mol. The first-order valence-corrected chi connectivity index (χ1v) is 6.81. The Morgan fingerprint density at radius 2 is 2.24 bits per heavy atom. The van der Waals surface area contributed by atoms with E-state index in [0.29, 0.717) is 25.1 Å². The van der Waals surface area contributed by atoms with Crippen molar-refractivity contribution in [2.45, 2.75) is 19.3 Å². The number of carbonyl (C=O) groups is 2. The molecule has 6 heteroatoms. The Morgan fingerprint density at radius 1 is 1.48 bits per heavy atom. The van der Waals surface area contributed by atoms with Crippen molar-refractivity contribution in [1.29, 1.82) is 0 Å². The number of carboxylic acid groups (broad SMARTS) is 1. The number of methoxy groups -OCH3 is 1. The molecule has 0 aromatic heterocycles. The van der Waals surface area contributed by atoms with Crippen LogP contribution < -0.4 is 4.74 Å². The first-order valence-electron chi connectivity index (χ1n) is 6.81. The Kier molecular flexibility index (Phi) is 4.77. The number of amides is 1. The molecule has 0 radical (unpaired) electrons. The lowest BCUT2D eigenvalue weighted by atomic mass is 10.1. The summed E-state index contributed by atoms with van der Waals surface area (Å²) in [5, 5.41) is 8.76. The lowest BCUT2D eigenvalue weighted by Gasteiger charge is -2.16. The summed E-state index contributed by atoms with van der Waals surface area (Å²) < 4.78 is 18.4. The maximum absolute atomic E-state index is 13.6. The largest absolute Gasteiger partial charge is 0.494 e. The van der Waals surface area contributed by atoms with Gasteiger partial charge in [0.1, 0.15) is 0 Å². The number of nitrogens with zero attached hydrogens (tertiary/aromatic N) is 1. The minimum Gasteiger partial charge on any atom is -0.494 e. The van der Waals surface area contributed by atoms with E-state index in [1.54, 1.807) is 11.0 Å².